The highest BCUT2D eigenvalue weighted by Crippen LogP contribution is 2.47. The molecule has 1 saturated carbocycles. The molecule has 0 amide bonds. The Morgan fingerprint density at radius 1 is 1.43 bits per heavy atom. The van der Waals surface area contributed by atoms with E-state index in [4.69, 9.17) is 14.8 Å². The number of hydrogen-bond donors (Lipinski definition) is 0. The van der Waals surface area contributed by atoms with Crippen molar-refractivity contribution < 1.29 is 4.74 Å². The van der Waals surface area contributed by atoms with Crippen molar-refractivity contribution in [3.05, 3.63) is 11.9 Å². The molecule has 5 nitrogen and oxygen atoms in total. The number of hydrogen-bond acceptors (Lipinski definition) is 5. The van der Waals surface area contributed by atoms with Gasteiger partial charge in [0.05, 0.1) is 18.0 Å². The second-order valence-electron chi connectivity index (χ2n) is 8.12. The summed E-state index contributed by atoms with van der Waals surface area (Å²) in [6.45, 7) is 14.0. The Morgan fingerprint density at radius 2 is 2.13 bits per heavy atom. The van der Waals surface area contributed by atoms with Crippen molar-refractivity contribution in [2.75, 3.05) is 18.6 Å². The Morgan fingerprint density at radius 3 is 2.65 bits per heavy atom. The van der Waals surface area contributed by atoms with Crippen molar-refractivity contribution in [2.24, 2.45) is 5.41 Å². The Bertz CT molecular complexity index is 666. The van der Waals surface area contributed by atoms with Crippen molar-refractivity contribution in [2.45, 2.75) is 65.5 Å². The predicted molar refractivity (Wildman–Crippen MR) is 95.6 cm³/mol. The molecule has 1 fully saturated rings. The van der Waals surface area contributed by atoms with Gasteiger partial charge in [0.25, 0.3) is 0 Å². The molecule has 0 aliphatic heterocycles. The lowest BCUT2D eigenvalue weighted by molar-refractivity contribution is -0.104. The normalized spacial score (nSPS) is 24.0. The first kappa shape index (κ1) is 16.7. The zero-order valence-electron chi connectivity index (χ0n) is 15.3. The number of nitrogens with zero attached hydrogens (tertiary/aromatic N) is 4. The van der Waals surface area contributed by atoms with Crippen LogP contribution in [0.25, 0.3) is 4.96 Å². The number of ether oxygens (including phenoxy) is 1. The lowest BCUT2D eigenvalue weighted by Crippen LogP contribution is -2.61. The molecule has 23 heavy (non-hydrogen) atoms. The fourth-order valence-corrected chi connectivity index (χ4v) is 4.23. The van der Waals surface area contributed by atoms with Gasteiger partial charge < -0.3 is 9.64 Å². The number of anilines is 1. The van der Waals surface area contributed by atoms with Crippen LogP contribution < -0.4 is 4.90 Å². The molecule has 0 bridgehead atoms. The lowest BCUT2D eigenvalue weighted by atomic mass is 9.64. The summed E-state index contributed by atoms with van der Waals surface area (Å²) < 4.78 is 7.76. The number of imidazole rings is 1. The molecular weight excluding hydrogens is 308 g/mol. The molecule has 128 valence electrons. The second-order valence-corrected chi connectivity index (χ2v) is 9.05. The molecule has 1 aliphatic rings. The second kappa shape index (κ2) is 5.45. The maximum atomic E-state index is 5.85. The van der Waals surface area contributed by atoms with Gasteiger partial charge in [-0.2, -0.15) is 0 Å². The molecule has 2 aromatic rings. The third-order valence-corrected chi connectivity index (χ3v) is 6.08. The first-order chi connectivity index (χ1) is 10.6. The molecule has 0 N–H and O–H groups in total. The van der Waals surface area contributed by atoms with Gasteiger partial charge in [-0.3, -0.25) is 0 Å². The van der Waals surface area contributed by atoms with Gasteiger partial charge >= 0.3 is 0 Å². The summed E-state index contributed by atoms with van der Waals surface area (Å²) in [5, 5.41) is 5.77. The van der Waals surface area contributed by atoms with Gasteiger partial charge in [0.2, 0.25) is 10.1 Å². The SMILES string of the molecule is CCO[C@@H]1C[C@@H](N(C)c2nn3cc(C(C)(C)C)nc3s2)C1(C)C. The molecule has 2 heterocycles. The summed E-state index contributed by atoms with van der Waals surface area (Å²) in [6, 6.07) is 0.456. The molecule has 6 heteroatoms. The van der Waals surface area contributed by atoms with E-state index in [1.807, 2.05) is 4.52 Å². The van der Waals surface area contributed by atoms with E-state index in [2.05, 4.69) is 59.7 Å². The van der Waals surface area contributed by atoms with Crippen molar-refractivity contribution in [1.82, 2.24) is 14.6 Å². The van der Waals surface area contributed by atoms with Crippen LogP contribution in [0.5, 0.6) is 0 Å². The smallest absolute Gasteiger partial charge is 0.214 e. The molecule has 0 spiro atoms. The molecule has 1 aliphatic carbocycles. The third-order valence-electron chi connectivity index (χ3n) is 5.06. The quantitative estimate of drug-likeness (QED) is 0.853. The maximum Gasteiger partial charge on any atom is 0.214 e. The molecular formula is C17H28N4OS. The highest BCUT2D eigenvalue weighted by Gasteiger charge is 2.51. The van der Waals surface area contributed by atoms with Crippen LogP contribution in [-0.2, 0) is 10.2 Å². The Hall–Kier alpha value is -1.14. The monoisotopic (exact) mass is 336 g/mol. The van der Waals surface area contributed by atoms with Crippen LogP contribution >= 0.6 is 11.3 Å². The lowest BCUT2D eigenvalue weighted by Gasteiger charge is -2.54. The minimum absolute atomic E-state index is 0.0557. The molecule has 0 saturated heterocycles. The summed E-state index contributed by atoms with van der Waals surface area (Å²) >= 11 is 1.66. The molecule has 2 aromatic heterocycles. The van der Waals surface area contributed by atoms with Gasteiger partial charge in [-0.05, 0) is 13.3 Å². The van der Waals surface area contributed by atoms with Crippen LogP contribution in [0.3, 0.4) is 0 Å². The van der Waals surface area contributed by atoms with Crippen LogP contribution in [0.4, 0.5) is 5.13 Å². The number of rotatable bonds is 4. The van der Waals surface area contributed by atoms with Crippen molar-refractivity contribution >= 4 is 21.4 Å². The van der Waals surface area contributed by atoms with Crippen LogP contribution in [-0.4, -0.2) is 40.4 Å². The topological polar surface area (TPSA) is 42.7 Å². The van der Waals surface area contributed by atoms with Gasteiger partial charge in [-0.1, -0.05) is 46.0 Å². The van der Waals surface area contributed by atoms with E-state index in [1.54, 1.807) is 11.3 Å². The Kier molecular flexibility index (Phi) is 3.96. The minimum atomic E-state index is 0.0557. The summed E-state index contributed by atoms with van der Waals surface area (Å²) in [7, 11) is 2.14. The van der Waals surface area contributed by atoms with Crippen LogP contribution in [0.2, 0.25) is 0 Å². The van der Waals surface area contributed by atoms with Gasteiger partial charge in [0.15, 0.2) is 0 Å². The average Bonchev–Trinajstić information content (AvgIpc) is 3.00. The van der Waals surface area contributed by atoms with E-state index in [1.165, 1.54) is 0 Å². The Labute approximate surface area is 142 Å². The first-order valence-corrected chi connectivity index (χ1v) is 9.17. The van der Waals surface area contributed by atoms with Crippen LogP contribution in [0, 0.1) is 5.41 Å². The van der Waals surface area contributed by atoms with E-state index in [0.717, 1.165) is 28.8 Å². The standard InChI is InChI=1S/C17H28N4OS/c1-8-22-13-9-12(17(13,5)6)20(7)15-19-21-10-11(16(2,3)4)18-14(21)23-15/h10,12-13H,8-9H2,1-7H3/t12-,13-/m1/s1. The fourth-order valence-electron chi connectivity index (χ4n) is 3.33. The van der Waals surface area contributed by atoms with E-state index >= 15 is 0 Å². The van der Waals surface area contributed by atoms with Crippen molar-refractivity contribution in [1.29, 1.82) is 0 Å². The predicted octanol–water partition coefficient (Wildman–Crippen LogP) is 3.73. The Balaban J connectivity index is 1.80. The zero-order valence-corrected chi connectivity index (χ0v) is 16.1. The fraction of sp³-hybridized carbons (Fsp3) is 0.765. The van der Waals surface area contributed by atoms with Crippen molar-refractivity contribution in [3.63, 3.8) is 0 Å². The average molecular weight is 337 g/mol. The van der Waals surface area contributed by atoms with Gasteiger partial charge in [-0.25, -0.2) is 9.50 Å². The zero-order chi connectivity index (χ0) is 17.0. The summed E-state index contributed by atoms with van der Waals surface area (Å²) in [5.74, 6) is 0. The van der Waals surface area contributed by atoms with E-state index < -0.39 is 0 Å². The number of fused-ring (bicyclic) bond motifs is 1. The third kappa shape index (κ3) is 2.76. The molecule has 0 unspecified atom stereocenters. The first-order valence-electron chi connectivity index (χ1n) is 8.35. The van der Waals surface area contributed by atoms with Crippen LogP contribution in [0.1, 0.15) is 53.7 Å². The van der Waals surface area contributed by atoms with Crippen LogP contribution in [0.15, 0.2) is 6.20 Å². The highest BCUT2D eigenvalue weighted by atomic mass is 32.1. The number of aromatic nitrogens is 3. The molecule has 2 atom stereocenters. The summed E-state index contributed by atoms with van der Waals surface area (Å²) in [5.41, 5.74) is 1.29. The summed E-state index contributed by atoms with van der Waals surface area (Å²) in [4.78, 5) is 8.00. The summed E-state index contributed by atoms with van der Waals surface area (Å²) in [6.07, 6.45) is 3.46. The van der Waals surface area contributed by atoms with E-state index in [0.29, 0.717) is 12.1 Å². The minimum Gasteiger partial charge on any atom is -0.378 e. The van der Waals surface area contributed by atoms with E-state index in [9.17, 15) is 0 Å². The highest BCUT2D eigenvalue weighted by molar-refractivity contribution is 7.20. The molecule has 3 rings (SSSR count). The van der Waals surface area contributed by atoms with E-state index in [-0.39, 0.29) is 10.8 Å². The molecule has 0 aromatic carbocycles. The molecule has 0 radical (unpaired) electrons. The maximum absolute atomic E-state index is 5.85. The largest absolute Gasteiger partial charge is 0.378 e. The van der Waals surface area contributed by atoms with Crippen molar-refractivity contribution in [3.8, 4) is 0 Å². The van der Waals surface area contributed by atoms with Gasteiger partial charge in [0.1, 0.15) is 0 Å². The van der Waals surface area contributed by atoms with Gasteiger partial charge in [-0.15, -0.1) is 5.10 Å². The van der Waals surface area contributed by atoms with Gasteiger partial charge in [0, 0.05) is 30.5 Å².